The van der Waals surface area contributed by atoms with Gasteiger partial charge >= 0.3 is 5.69 Å². The maximum atomic E-state index is 14.9. The Bertz CT molecular complexity index is 1680. The molecular weight excluding hydrogens is 532 g/mol. The van der Waals surface area contributed by atoms with Crippen LogP contribution in [-0.2, 0) is 16.1 Å². The minimum absolute atomic E-state index is 0.166. The first kappa shape index (κ1) is 26.8. The number of nitrogens with zero attached hydrogens (tertiary/aromatic N) is 5. The van der Waals surface area contributed by atoms with Crippen molar-refractivity contribution in [3.63, 3.8) is 0 Å². The van der Waals surface area contributed by atoms with Crippen LogP contribution in [0.25, 0.3) is 16.8 Å². The van der Waals surface area contributed by atoms with E-state index in [1.807, 2.05) is 11.0 Å². The van der Waals surface area contributed by atoms with E-state index in [0.717, 1.165) is 29.6 Å². The zero-order chi connectivity index (χ0) is 28.5. The summed E-state index contributed by atoms with van der Waals surface area (Å²) < 4.78 is 31.0. The first-order valence-corrected chi connectivity index (χ1v) is 13.7. The Morgan fingerprint density at radius 3 is 2.59 bits per heavy atom. The fraction of sp³-hybridized carbons (Fsp3) is 0.345. The molecule has 6 rings (SSSR count). The molecule has 0 aliphatic carbocycles. The van der Waals surface area contributed by atoms with Crippen LogP contribution in [-0.4, -0.2) is 50.6 Å². The van der Waals surface area contributed by atoms with Crippen molar-refractivity contribution < 1.29 is 18.4 Å². The second-order valence-electron chi connectivity index (χ2n) is 10.6. The average molecular weight is 562 g/mol. The number of nitrogens with one attached hydrogen (secondary N) is 2. The monoisotopic (exact) mass is 561 g/mol. The highest BCUT2D eigenvalue weighted by Gasteiger charge is 2.31. The van der Waals surface area contributed by atoms with Crippen LogP contribution in [0.15, 0.2) is 59.7 Å². The molecule has 2 saturated heterocycles. The zero-order valence-electron chi connectivity index (χ0n) is 22.2. The molecule has 212 valence electrons. The van der Waals surface area contributed by atoms with Gasteiger partial charge in [0.1, 0.15) is 11.9 Å². The van der Waals surface area contributed by atoms with Gasteiger partial charge in [0.15, 0.2) is 17.3 Å². The fourth-order valence-electron chi connectivity index (χ4n) is 5.52. The number of amides is 2. The van der Waals surface area contributed by atoms with E-state index in [1.165, 1.54) is 22.6 Å². The third-order valence-electron chi connectivity index (χ3n) is 7.77. The van der Waals surface area contributed by atoms with Crippen molar-refractivity contribution in [1.82, 2.24) is 29.8 Å². The molecule has 2 fully saturated rings. The Labute approximate surface area is 234 Å². The van der Waals surface area contributed by atoms with E-state index in [-0.39, 0.29) is 24.6 Å². The zero-order valence-corrected chi connectivity index (χ0v) is 22.2. The molecule has 2 N–H and O–H groups in total. The van der Waals surface area contributed by atoms with Crippen LogP contribution < -0.4 is 21.2 Å². The highest BCUT2D eigenvalue weighted by atomic mass is 19.1. The third-order valence-corrected chi connectivity index (χ3v) is 7.77. The van der Waals surface area contributed by atoms with Crippen molar-refractivity contribution in [3.05, 3.63) is 82.5 Å². The molecule has 2 aliphatic heterocycles. The van der Waals surface area contributed by atoms with Crippen LogP contribution in [0.1, 0.15) is 37.3 Å². The van der Waals surface area contributed by atoms with Crippen molar-refractivity contribution in [2.75, 3.05) is 24.5 Å². The van der Waals surface area contributed by atoms with Crippen molar-refractivity contribution in [3.8, 4) is 11.1 Å². The van der Waals surface area contributed by atoms with Gasteiger partial charge in [-0.3, -0.25) is 19.3 Å². The summed E-state index contributed by atoms with van der Waals surface area (Å²) in [5, 5.41) is 10.1. The number of hydrogen-bond acceptors (Lipinski definition) is 7. The van der Waals surface area contributed by atoms with Crippen LogP contribution >= 0.6 is 0 Å². The highest BCUT2D eigenvalue weighted by molar-refractivity contribution is 5.99. The van der Waals surface area contributed by atoms with Gasteiger partial charge in [-0.2, -0.15) is 4.68 Å². The van der Waals surface area contributed by atoms with Crippen molar-refractivity contribution >= 4 is 23.3 Å². The van der Waals surface area contributed by atoms with Gasteiger partial charge in [-0.1, -0.05) is 12.1 Å². The van der Waals surface area contributed by atoms with Gasteiger partial charge in [0.25, 0.3) is 5.91 Å². The lowest BCUT2D eigenvalue weighted by atomic mass is 9.96. The molecule has 2 aliphatic rings. The van der Waals surface area contributed by atoms with Gasteiger partial charge in [0, 0.05) is 44.0 Å². The van der Waals surface area contributed by atoms with Crippen LogP contribution in [0.4, 0.5) is 14.6 Å². The van der Waals surface area contributed by atoms with E-state index in [0.29, 0.717) is 48.1 Å². The van der Waals surface area contributed by atoms with Gasteiger partial charge in [0.05, 0.1) is 0 Å². The Morgan fingerprint density at radius 1 is 1.00 bits per heavy atom. The number of carbonyl (C=O) groups is 2. The lowest BCUT2D eigenvalue weighted by Crippen LogP contribution is -2.44. The van der Waals surface area contributed by atoms with Crippen LogP contribution in [0.2, 0.25) is 0 Å². The molecule has 0 bridgehead atoms. The number of anilines is 1. The van der Waals surface area contributed by atoms with E-state index in [9.17, 15) is 23.2 Å². The lowest BCUT2D eigenvalue weighted by molar-refractivity contribution is -0.136. The van der Waals surface area contributed by atoms with Crippen LogP contribution in [0.5, 0.6) is 0 Å². The number of halogens is 2. The molecule has 1 atom stereocenters. The van der Waals surface area contributed by atoms with E-state index >= 15 is 0 Å². The number of rotatable bonds is 7. The number of aromatic nitrogens is 4. The number of fused-ring (bicyclic) bond motifs is 1. The molecule has 5 heterocycles. The number of imide groups is 1. The van der Waals surface area contributed by atoms with Crippen molar-refractivity contribution in [2.24, 2.45) is 5.92 Å². The van der Waals surface area contributed by atoms with Crippen molar-refractivity contribution in [2.45, 2.75) is 38.3 Å². The number of pyridine rings is 2. The molecule has 10 nitrogen and oxygen atoms in total. The standard InChI is InChI=1S/C29H29F2N7O3/c30-22-3-1-2-20(13-22)21-14-23(31)27(33-17-21)36-9-6-18(7-10-36)15-32-16-19-8-11-37-25(12-19)35-38(29(37)41)24-4-5-26(39)34-28(24)40/h1-3,8,11-14,17-18,24,32H,4-7,9-10,15-16H2,(H,34,39,40). The normalized spacial score (nSPS) is 18.2. The number of hydrogen-bond donors (Lipinski definition) is 2. The maximum Gasteiger partial charge on any atom is 0.351 e. The first-order chi connectivity index (χ1) is 19.9. The van der Waals surface area contributed by atoms with Gasteiger partial charge in [-0.15, -0.1) is 5.10 Å². The summed E-state index contributed by atoms with van der Waals surface area (Å²) in [6.45, 7) is 2.73. The summed E-state index contributed by atoms with van der Waals surface area (Å²) >= 11 is 0. The molecule has 1 aromatic carbocycles. The first-order valence-electron chi connectivity index (χ1n) is 13.7. The van der Waals surface area contributed by atoms with Gasteiger partial charge in [-0.25, -0.2) is 18.6 Å². The molecule has 1 unspecified atom stereocenters. The second kappa shape index (κ2) is 11.2. The largest absolute Gasteiger partial charge is 0.354 e. The molecule has 41 heavy (non-hydrogen) atoms. The lowest BCUT2D eigenvalue weighted by Gasteiger charge is -2.33. The summed E-state index contributed by atoms with van der Waals surface area (Å²) in [6, 6.07) is 10.3. The summed E-state index contributed by atoms with van der Waals surface area (Å²) in [5.41, 5.74) is 2.08. The molecule has 12 heteroatoms. The number of carbonyl (C=O) groups excluding carboxylic acids is 2. The summed E-state index contributed by atoms with van der Waals surface area (Å²) in [6.07, 6.45) is 5.39. The van der Waals surface area contributed by atoms with E-state index < -0.39 is 23.5 Å². The molecule has 0 spiro atoms. The Morgan fingerprint density at radius 2 is 1.83 bits per heavy atom. The van der Waals surface area contributed by atoms with Crippen molar-refractivity contribution in [1.29, 1.82) is 0 Å². The Hall–Kier alpha value is -4.45. The van der Waals surface area contributed by atoms with Crippen LogP contribution in [0.3, 0.4) is 0 Å². The van der Waals surface area contributed by atoms with Gasteiger partial charge < -0.3 is 10.2 Å². The third kappa shape index (κ3) is 5.60. The minimum atomic E-state index is -0.803. The Balaban J connectivity index is 1.02. The Kier molecular flexibility index (Phi) is 7.31. The van der Waals surface area contributed by atoms with E-state index in [4.69, 9.17) is 0 Å². The van der Waals surface area contributed by atoms with E-state index in [2.05, 4.69) is 20.7 Å². The molecule has 0 saturated carbocycles. The molecule has 3 aromatic heterocycles. The average Bonchev–Trinajstić information content (AvgIpc) is 3.28. The van der Waals surface area contributed by atoms with E-state index in [1.54, 1.807) is 30.6 Å². The minimum Gasteiger partial charge on any atom is -0.354 e. The second-order valence-corrected chi connectivity index (χ2v) is 10.6. The number of benzene rings is 1. The quantitative estimate of drug-likeness (QED) is 0.334. The van der Waals surface area contributed by atoms with Gasteiger partial charge in [0.2, 0.25) is 5.91 Å². The topological polar surface area (TPSA) is 114 Å². The molecular formula is C29H29F2N7O3. The number of piperidine rings is 2. The SMILES string of the molecule is O=C1CCC(n2nc3cc(CNCC4CCN(c5ncc(-c6cccc(F)c6)cc5F)CC4)ccn3c2=O)C(=O)N1. The van der Waals surface area contributed by atoms with Gasteiger partial charge in [-0.05, 0) is 73.2 Å². The highest BCUT2D eigenvalue weighted by Crippen LogP contribution is 2.28. The predicted molar refractivity (Wildman–Crippen MR) is 147 cm³/mol. The predicted octanol–water partition coefficient (Wildman–Crippen LogP) is 2.82. The summed E-state index contributed by atoms with van der Waals surface area (Å²) in [7, 11) is 0. The molecule has 0 radical (unpaired) electrons. The maximum absolute atomic E-state index is 14.9. The van der Waals surface area contributed by atoms with Crippen LogP contribution in [0, 0.1) is 17.6 Å². The summed E-state index contributed by atoms with van der Waals surface area (Å²) in [5.74, 6) is -0.922. The smallest absolute Gasteiger partial charge is 0.351 e. The summed E-state index contributed by atoms with van der Waals surface area (Å²) in [4.78, 5) is 42.7. The molecule has 2 amide bonds. The fourth-order valence-corrected chi connectivity index (χ4v) is 5.52. The molecule has 4 aromatic rings.